The standard InChI is InChI=1S/C11H17FN2O2S/c1-14(2)17(15,16)7-6-13-9-10-4-3-5-11(12)8-10/h3-5,8,13H,6-7,9H2,1-2H3. The van der Waals surface area contributed by atoms with Gasteiger partial charge in [0.2, 0.25) is 10.0 Å². The van der Waals surface area contributed by atoms with E-state index >= 15 is 0 Å². The van der Waals surface area contributed by atoms with Crippen LogP contribution in [-0.4, -0.2) is 39.1 Å². The van der Waals surface area contributed by atoms with E-state index in [0.717, 1.165) is 5.56 Å². The maximum absolute atomic E-state index is 12.8. The van der Waals surface area contributed by atoms with Crippen molar-refractivity contribution in [1.29, 1.82) is 0 Å². The Bertz CT molecular complexity index is 460. The van der Waals surface area contributed by atoms with Gasteiger partial charge in [0.05, 0.1) is 5.75 Å². The molecule has 17 heavy (non-hydrogen) atoms. The number of hydrogen-bond acceptors (Lipinski definition) is 3. The molecule has 1 N–H and O–H groups in total. The SMILES string of the molecule is CN(C)S(=O)(=O)CCNCc1cccc(F)c1. The van der Waals surface area contributed by atoms with Gasteiger partial charge in [-0.25, -0.2) is 17.1 Å². The molecule has 1 aromatic rings. The van der Waals surface area contributed by atoms with E-state index in [1.807, 2.05) is 0 Å². The van der Waals surface area contributed by atoms with Crippen LogP contribution in [-0.2, 0) is 16.6 Å². The Morgan fingerprint density at radius 1 is 1.35 bits per heavy atom. The molecule has 0 heterocycles. The fourth-order valence-corrected chi connectivity index (χ4v) is 2.03. The molecule has 0 saturated carbocycles. The Kier molecular flexibility index (Phi) is 5.04. The first-order chi connectivity index (χ1) is 7.92. The summed E-state index contributed by atoms with van der Waals surface area (Å²) in [4.78, 5) is 0. The average molecular weight is 260 g/mol. The molecule has 6 heteroatoms. The van der Waals surface area contributed by atoms with Gasteiger partial charge in [-0.15, -0.1) is 0 Å². The summed E-state index contributed by atoms with van der Waals surface area (Å²) < 4.78 is 36.9. The monoisotopic (exact) mass is 260 g/mol. The summed E-state index contributed by atoms with van der Waals surface area (Å²) in [5.41, 5.74) is 0.798. The largest absolute Gasteiger partial charge is 0.312 e. The lowest BCUT2D eigenvalue weighted by Gasteiger charge is -2.11. The van der Waals surface area contributed by atoms with Crippen LogP contribution in [0, 0.1) is 5.82 Å². The van der Waals surface area contributed by atoms with Crippen molar-refractivity contribution in [2.75, 3.05) is 26.4 Å². The highest BCUT2D eigenvalue weighted by atomic mass is 32.2. The molecule has 0 aromatic heterocycles. The van der Waals surface area contributed by atoms with Gasteiger partial charge in [0.25, 0.3) is 0 Å². The molecule has 0 bridgehead atoms. The van der Waals surface area contributed by atoms with Gasteiger partial charge in [0, 0.05) is 27.2 Å². The summed E-state index contributed by atoms with van der Waals surface area (Å²) in [6.45, 7) is 0.803. The summed E-state index contributed by atoms with van der Waals surface area (Å²) >= 11 is 0. The Hall–Kier alpha value is -0.980. The van der Waals surface area contributed by atoms with E-state index < -0.39 is 10.0 Å². The predicted molar refractivity (Wildman–Crippen MR) is 65.6 cm³/mol. The van der Waals surface area contributed by atoms with Gasteiger partial charge in [0.1, 0.15) is 5.82 Å². The number of nitrogens with zero attached hydrogens (tertiary/aromatic N) is 1. The van der Waals surface area contributed by atoms with Crippen LogP contribution in [0.2, 0.25) is 0 Å². The molecule has 0 spiro atoms. The predicted octanol–water partition coefficient (Wildman–Crippen LogP) is 0.807. The normalized spacial score (nSPS) is 12.0. The quantitative estimate of drug-likeness (QED) is 0.770. The van der Waals surface area contributed by atoms with Gasteiger partial charge in [-0.2, -0.15) is 0 Å². The third kappa shape index (κ3) is 4.80. The highest BCUT2D eigenvalue weighted by molar-refractivity contribution is 7.89. The van der Waals surface area contributed by atoms with E-state index in [1.165, 1.54) is 30.5 Å². The van der Waals surface area contributed by atoms with E-state index in [4.69, 9.17) is 0 Å². The first kappa shape index (κ1) is 14.1. The molecule has 0 aliphatic heterocycles. The molecule has 0 aliphatic rings. The van der Waals surface area contributed by atoms with E-state index in [0.29, 0.717) is 13.1 Å². The molecule has 0 atom stereocenters. The van der Waals surface area contributed by atoms with Gasteiger partial charge in [0.15, 0.2) is 0 Å². The van der Waals surface area contributed by atoms with Crippen molar-refractivity contribution in [1.82, 2.24) is 9.62 Å². The zero-order valence-corrected chi connectivity index (χ0v) is 10.8. The van der Waals surface area contributed by atoms with Crippen LogP contribution in [0.25, 0.3) is 0 Å². The van der Waals surface area contributed by atoms with Crippen LogP contribution in [0.3, 0.4) is 0 Å². The molecule has 0 unspecified atom stereocenters. The summed E-state index contributed by atoms with van der Waals surface area (Å²) in [5.74, 6) is -0.250. The van der Waals surface area contributed by atoms with Crippen molar-refractivity contribution >= 4 is 10.0 Å². The first-order valence-corrected chi connectivity index (χ1v) is 6.88. The molecule has 1 rings (SSSR count). The maximum atomic E-state index is 12.8. The minimum atomic E-state index is -3.16. The Morgan fingerprint density at radius 2 is 2.06 bits per heavy atom. The second-order valence-electron chi connectivity index (χ2n) is 3.91. The number of nitrogens with one attached hydrogen (secondary N) is 1. The fourth-order valence-electron chi connectivity index (χ4n) is 1.26. The molecule has 0 fully saturated rings. The highest BCUT2D eigenvalue weighted by Crippen LogP contribution is 2.02. The topological polar surface area (TPSA) is 49.4 Å². The highest BCUT2D eigenvalue weighted by Gasteiger charge is 2.12. The zero-order valence-electron chi connectivity index (χ0n) is 9.98. The second-order valence-corrected chi connectivity index (χ2v) is 6.21. The lowest BCUT2D eigenvalue weighted by atomic mass is 10.2. The summed E-state index contributed by atoms with van der Waals surface area (Å²) in [6, 6.07) is 6.22. The van der Waals surface area contributed by atoms with E-state index in [2.05, 4.69) is 5.32 Å². The molecule has 1 aromatic carbocycles. The first-order valence-electron chi connectivity index (χ1n) is 5.27. The Morgan fingerprint density at radius 3 is 2.65 bits per heavy atom. The molecule has 0 radical (unpaired) electrons. The summed E-state index contributed by atoms with van der Waals surface area (Å²) in [7, 11) is -0.160. The van der Waals surface area contributed by atoms with Crippen molar-refractivity contribution in [2.24, 2.45) is 0 Å². The van der Waals surface area contributed by atoms with Crippen LogP contribution in [0.15, 0.2) is 24.3 Å². The lowest BCUT2D eigenvalue weighted by Crippen LogP contribution is -2.31. The van der Waals surface area contributed by atoms with Crippen molar-refractivity contribution in [3.8, 4) is 0 Å². The number of rotatable bonds is 6. The van der Waals surface area contributed by atoms with Gasteiger partial charge in [-0.05, 0) is 17.7 Å². The van der Waals surface area contributed by atoms with Crippen molar-refractivity contribution in [2.45, 2.75) is 6.54 Å². The van der Waals surface area contributed by atoms with Crippen LogP contribution in [0.1, 0.15) is 5.56 Å². The second kappa shape index (κ2) is 6.09. The number of halogens is 1. The molecule has 96 valence electrons. The summed E-state index contributed by atoms with van der Waals surface area (Å²) in [5, 5.41) is 2.97. The van der Waals surface area contributed by atoms with Crippen LogP contribution >= 0.6 is 0 Å². The number of benzene rings is 1. The Balaban J connectivity index is 2.35. The van der Waals surface area contributed by atoms with Gasteiger partial charge >= 0.3 is 0 Å². The van der Waals surface area contributed by atoms with Crippen molar-refractivity contribution in [3.63, 3.8) is 0 Å². The molecular weight excluding hydrogens is 243 g/mol. The number of hydrogen-bond donors (Lipinski definition) is 1. The van der Waals surface area contributed by atoms with E-state index in [1.54, 1.807) is 12.1 Å². The number of sulfonamides is 1. The third-order valence-electron chi connectivity index (χ3n) is 2.31. The Labute approximate surface area is 101 Å². The smallest absolute Gasteiger partial charge is 0.214 e. The summed E-state index contributed by atoms with van der Waals surface area (Å²) in [6.07, 6.45) is 0. The van der Waals surface area contributed by atoms with Crippen LogP contribution in [0.5, 0.6) is 0 Å². The molecular formula is C11H17FN2O2S. The minimum Gasteiger partial charge on any atom is -0.312 e. The minimum absolute atomic E-state index is 0.0370. The fraction of sp³-hybridized carbons (Fsp3) is 0.455. The molecule has 0 amide bonds. The van der Waals surface area contributed by atoms with Gasteiger partial charge in [-0.1, -0.05) is 12.1 Å². The molecule has 0 saturated heterocycles. The zero-order chi connectivity index (χ0) is 12.9. The van der Waals surface area contributed by atoms with E-state index in [-0.39, 0.29) is 11.6 Å². The van der Waals surface area contributed by atoms with Crippen LogP contribution < -0.4 is 5.32 Å². The van der Waals surface area contributed by atoms with Crippen molar-refractivity contribution < 1.29 is 12.8 Å². The van der Waals surface area contributed by atoms with Crippen LogP contribution in [0.4, 0.5) is 4.39 Å². The molecule has 0 aliphatic carbocycles. The van der Waals surface area contributed by atoms with Crippen molar-refractivity contribution in [3.05, 3.63) is 35.6 Å². The van der Waals surface area contributed by atoms with E-state index in [9.17, 15) is 12.8 Å². The average Bonchev–Trinajstić information content (AvgIpc) is 2.24. The van der Waals surface area contributed by atoms with Gasteiger partial charge in [-0.3, -0.25) is 0 Å². The van der Waals surface area contributed by atoms with Gasteiger partial charge < -0.3 is 5.32 Å². The lowest BCUT2D eigenvalue weighted by molar-refractivity contribution is 0.517. The molecule has 4 nitrogen and oxygen atoms in total. The maximum Gasteiger partial charge on any atom is 0.214 e. The third-order valence-corrected chi connectivity index (χ3v) is 4.14.